The summed E-state index contributed by atoms with van der Waals surface area (Å²) in [6.07, 6.45) is 6.76. The zero-order valence-electron chi connectivity index (χ0n) is 16.3. The van der Waals surface area contributed by atoms with Crippen LogP contribution in [0.2, 0.25) is 0 Å². The fraction of sp³-hybridized carbons (Fsp3) is 0.250. The van der Waals surface area contributed by atoms with Gasteiger partial charge in [-0.25, -0.2) is 15.0 Å². The molecule has 0 saturated heterocycles. The van der Waals surface area contributed by atoms with Crippen LogP contribution in [-0.4, -0.2) is 49.7 Å². The second-order valence-electron chi connectivity index (χ2n) is 7.42. The van der Waals surface area contributed by atoms with E-state index in [1.807, 2.05) is 40.6 Å². The van der Waals surface area contributed by atoms with Gasteiger partial charge in [0.05, 0.1) is 29.0 Å². The maximum Gasteiger partial charge on any atom is 0.185 e. The van der Waals surface area contributed by atoms with Crippen LogP contribution in [-0.2, 0) is 13.0 Å². The number of aryl methyl sites for hydroxylation is 2. The van der Waals surface area contributed by atoms with Crippen LogP contribution in [0.1, 0.15) is 29.7 Å². The van der Waals surface area contributed by atoms with Crippen molar-refractivity contribution in [3.8, 4) is 17.2 Å². The topological polar surface area (TPSA) is 116 Å². The van der Waals surface area contributed by atoms with Crippen molar-refractivity contribution in [1.82, 2.24) is 49.7 Å². The van der Waals surface area contributed by atoms with Crippen molar-refractivity contribution in [3.05, 3.63) is 60.3 Å². The molecule has 10 heteroatoms. The number of aromatic amines is 1. The number of H-pyrrole nitrogens is 1. The number of para-hydroxylation sites is 2. The molecule has 0 aliphatic carbocycles. The standard InChI is InChI=1S/C20H18N10/c1-12-14(9-23-27-12)19-26-20(13-6-7-29-17(8-13)22-11-24-29)30(28-19)18-10-21-15-4-2-3-5-16(15)25-18/h2-5,9-11,13H,6-8H2,1H3,(H,23,27). The molecule has 1 aliphatic rings. The van der Waals surface area contributed by atoms with Crippen molar-refractivity contribution in [3.63, 3.8) is 0 Å². The Morgan fingerprint density at radius 3 is 2.83 bits per heavy atom. The zero-order chi connectivity index (χ0) is 20.1. The molecule has 0 bridgehead atoms. The minimum atomic E-state index is 0.156. The lowest BCUT2D eigenvalue weighted by atomic mass is 9.97. The summed E-state index contributed by atoms with van der Waals surface area (Å²) in [5.74, 6) is 3.24. The van der Waals surface area contributed by atoms with Crippen molar-refractivity contribution in [1.29, 1.82) is 0 Å². The second kappa shape index (κ2) is 6.55. The number of hydrogen-bond donors (Lipinski definition) is 1. The first-order chi connectivity index (χ1) is 14.8. The van der Waals surface area contributed by atoms with Crippen LogP contribution < -0.4 is 0 Å². The Morgan fingerprint density at radius 2 is 1.97 bits per heavy atom. The summed E-state index contributed by atoms with van der Waals surface area (Å²) in [6.45, 7) is 2.76. The molecule has 4 aromatic heterocycles. The van der Waals surface area contributed by atoms with E-state index in [4.69, 9.17) is 15.1 Å². The molecule has 10 nitrogen and oxygen atoms in total. The molecule has 148 valence electrons. The van der Waals surface area contributed by atoms with Gasteiger partial charge in [-0.2, -0.15) is 14.9 Å². The van der Waals surface area contributed by atoms with Gasteiger partial charge in [0, 0.05) is 24.6 Å². The Morgan fingerprint density at radius 1 is 1.07 bits per heavy atom. The van der Waals surface area contributed by atoms with E-state index in [0.29, 0.717) is 11.6 Å². The van der Waals surface area contributed by atoms with Crippen LogP contribution in [0.3, 0.4) is 0 Å². The Labute approximate surface area is 171 Å². The summed E-state index contributed by atoms with van der Waals surface area (Å²) >= 11 is 0. The molecule has 1 unspecified atom stereocenters. The molecule has 30 heavy (non-hydrogen) atoms. The predicted octanol–water partition coefficient (Wildman–Crippen LogP) is 2.23. The average molecular weight is 398 g/mol. The molecule has 1 atom stereocenters. The van der Waals surface area contributed by atoms with E-state index < -0.39 is 0 Å². The molecule has 0 amide bonds. The molecule has 1 aliphatic heterocycles. The number of benzene rings is 1. The zero-order valence-corrected chi connectivity index (χ0v) is 16.3. The number of nitrogens with zero attached hydrogens (tertiary/aromatic N) is 9. The molecule has 1 aromatic carbocycles. The maximum absolute atomic E-state index is 4.92. The van der Waals surface area contributed by atoms with Gasteiger partial charge in [-0.1, -0.05) is 12.1 Å². The van der Waals surface area contributed by atoms with E-state index in [1.54, 1.807) is 18.7 Å². The van der Waals surface area contributed by atoms with Crippen LogP contribution in [0, 0.1) is 6.92 Å². The number of nitrogens with one attached hydrogen (secondary N) is 1. The Bertz CT molecular complexity index is 1360. The molecule has 6 rings (SSSR count). The van der Waals surface area contributed by atoms with E-state index in [0.717, 1.165) is 53.3 Å². The third kappa shape index (κ3) is 2.68. The van der Waals surface area contributed by atoms with E-state index >= 15 is 0 Å². The highest BCUT2D eigenvalue weighted by molar-refractivity contribution is 5.74. The van der Waals surface area contributed by atoms with Gasteiger partial charge >= 0.3 is 0 Å². The van der Waals surface area contributed by atoms with Crippen LogP contribution in [0.25, 0.3) is 28.2 Å². The monoisotopic (exact) mass is 398 g/mol. The molecule has 5 heterocycles. The number of fused-ring (bicyclic) bond motifs is 2. The summed E-state index contributed by atoms with van der Waals surface area (Å²) in [6, 6.07) is 7.81. The van der Waals surface area contributed by atoms with Crippen LogP contribution in [0.4, 0.5) is 0 Å². The van der Waals surface area contributed by atoms with Crippen molar-refractivity contribution in [2.24, 2.45) is 0 Å². The van der Waals surface area contributed by atoms with E-state index in [9.17, 15) is 0 Å². The first kappa shape index (κ1) is 17.0. The summed E-state index contributed by atoms with van der Waals surface area (Å²) in [5.41, 5.74) is 3.47. The molecule has 1 N–H and O–H groups in total. The Balaban J connectivity index is 1.50. The van der Waals surface area contributed by atoms with Crippen LogP contribution >= 0.6 is 0 Å². The first-order valence-electron chi connectivity index (χ1n) is 9.82. The Kier molecular flexibility index (Phi) is 3.70. The fourth-order valence-electron chi connectivity index (χ4n) is 3.95. The Hall–Kier alpha value is -3.95. The average Bonchev–Trinajstić information content (AvgIpc) is 3.51. The summed E-state index contributed by atoms with van der Waals surface area (Å²) in [4.78, 5) is 18.7. The van der Waals surface area contributed by atoms with Crippen molar-refractivity contribution in [2.45, 2.75) is 32.2 Å². The van der Waals surface area contributed by atoms with Gasteiger partial charge in [0.2, 0.25) is 0 Å². The minimum absolute atomic E-state index is 0.156. The van der Waals surface area contributed by atoms with Crippen molar-refractivity contribution in [2.75, 3.05) is 0 Å². The molecular weight excluding hydrogens is 380 g/mol. The highest BCUT2D eigenvalue weighted by atomic mass is 15.4. The quantitative estimate of drug-likeness (QED) is 0.495. The molecule has 0 fully saturated rings. The van der Waals surface area contributed by atoms with Gasteiger partial charge in [0.25, 0.3) is 0 Å². The molecule has 0 spiro atoms. The number of hydrogen-bond acceptors (Lipinski definition) is 7. The first-order valence-corrected chi connectivity index (χ1v) is 9.82. The summed E-state index contributed by atoms with van der Waals surface area (Å²) < 4.78 is 3.77. The third-order valence-electron chi connectivity index (χ3n) is 5.54. The predicted molar refractivity (Wildman–Crippen MR) is 108 cm³/mol. The fourth-order valence-corrected chi connectivity index (χ4v) is 3.95. The van der Waals surface area contributed by atoms with Crippen LogP contribution in [0.15, 0.2) is 43.0 Å². The van der Waals surface area contributed by atoms with Gasteiger partial charge in [0.1, 0.15) is 18.0 Å². The normalized spacial score (nSPS) is 16.1. The second-order valence-corrected chi connectivity index (χ2v) is 7.42. The van der Waals surface area contributed by atoms with Gasteiger partial charge in [0.15, 0.2) is 11.6 Å². The molecule has 5 aromatic rings. The SMILES string of the molecule is Cc1[nH]ncc1-c1nc(C2CCn3ncnc3C2)n(-c2cnc3ccccc3n2)n1. The van der Waals surface area contributed by atoms with E-state index in [2.05, 4.69) is 25.3 Å². The highest BCUT2D eigenvalue weighted by Crippen LogP contribution is 2.30. The summed E-state index contributed by atoms with van der Waals surface area (Å²) in [7, 11) is 0. The largest absolute Gasteiger partial charge is 0.282 e. The lowest BCUT2D eigenvalue weighted by molar-refractivity contribution is 0.417. The summed E-state index contributed by atoms with van der Waals surface area (Å²) in [5, 5.41) is 16.2. The maximum atomic E-state index is 4.92. The highest BCUT2D eigenvalue weighted by Gasteiger charge is 2.28. The lowest BCUT2D eigenvalue weighted by Crippen LogP contribution is -2.22. The molecular formula is C20H18N10. The smallest absolute Gasteiger partial charge is 0.185 e. The molecule has 0 saturated carbocycles. The third-order valence-corrected chi connectivity index (χ3v) is 5.54. The molecule has 0 radical (unpaired) electrons. The van der Waals surface area contributed by atoms with E-state index in [1.165, 1.54) is 0 Å². The number of rotatable bonds is 3. The van der Waals surface area contributed by atoms with Crippen molar-refractivity contribution < 1.29 is 0 Å². The van der Waals surface area contributed by atoms with Gasteiger partial charge in [-0.3, -0.25) is 14.8 Å². The van der Waals surface area contributed by atoms with Crippen molar-refractivity contribution >= 4 is 11.0 Å². The minimum Gasteiger partial charge on any atom is -0.282 e. The van der Waals surface area contributed by atoms with Gasteiger partial charge in [-0.15, -0.1) is 5.10 Å². The van der Waals surface area contributed by atoms with Crippen LogP contribution in [0.5, 0.6) is 0 Å². The van der Waals surface area contributed by atoms with Gasteiger partial charge in [-0.05, 0) is 25.5 Å². The van der Waals surface area contributed by atoms with Gasteiger partial charge < -0.3 is 0 Å². The van der Waals surface area contributed by atoms with E-state index in [-0.39, 0.29) is 5.92 Å². The lowest BCUT2D eigenvalue weighted by Gasteiger charge is -2.21. The number of aromatic nitrogens is 10.